The topological polar surface area (TPSA) is 38.7 Å². The van der Waals surface area contributed by atoms with E-state index in [9.17, 15) is 0 Å². The summed E-state index contributed by atoms with van der Waals surface area (Å²) in [6.07, 6.45) is 3.03. The molecule has 0 bridgehead atoms. The molecule has 0 saturated carbocycles. The number of hydrogen-bond donors (Lipinski definition) is 1. The van der Waals surface area contributed by atoms with E-state index >= 15 is 0 Å². The fourth-order valence-electron chi connectivity index (χ4n) is 0.965. The van der Waals surface area contributed by atoms with Crippen LogP contribution >= 0.6 is 11.6 Å². The fourth-order valence-corrected chi connectivity index (χ4v) is 1.05. The molecule has 0 unspecified atom stereocenters. The minimum Gasteiger partial charge on any atom is -0.396 e. The molecule has 0 radical (unpaired) electrons. The van der Waals surface area contributed by atoms with E-state index in [1.165, 1.54) is 5.54 Å². The third-order valence-electron chi connectivity index (χ3n) is 1.80. The Morgan fingerprint density at radius 2 is 2.23 bits per heavy atom. The van der Waals surface area contributed by atoms with Gasteiger partial charge in [-0.25, -0.2) is 0 Å². The highest BCUT2D eigenvalue weighted by atomic mass is 35.5. The maximum absolute atomic E-state index is 8.82. The summed E-state index contributed by atoms with van der Waals surface area (Å²) in [4.78, 5) is 0. The van der Waals surface area contributed by atoms with Gasteiger partial charge in [-0.2, -0.15) is 0 Å². The predicted molar refractivity (Wildman–Crippen MR) is 52.7 cm³/mol. The number of aliphatic hydroxyl groups is 1. The third-order valence-corrected chi connectivity index (χ3v) is 1.98. The van der Waals surface area contributed by atoms with E-state index in [1.54, 1.807) is 13.2 Å². The molecule has 0 aliphatic carbocycles. The molecule has 4 heteroatoms. The van der Waals surface area contributed by atoms with Crippen molar-refractivity contribution in [3.63, 3.8) is 0 Å². The molecule has 0 aromatic heterocycles. The maximum Gasteiger partial charge on any atom is 0.147 e. The first kappa shape index (κ1) is 12.9. The lowest BCUT2D eigenvalue weighted by Gasteiger charge is -2.27. The Morgan fingerprint density at radius 1 is 1.54 bits per heavy atom. The van der Waals surface area contributed by atoms with Crippen molar-refractivity contribution in [2.75, 3.05) is 20.5 Å². The van der Waals surface area contributed by atoms with E-state index in [2.05, 4.69) is 0 Å². The lowest BCUT2D eigenvalue weighted by Crippen LogP contribution is -2.30. The van der Waals surface area contributed by atoms with E-state index in [-0.39, 0.29) is 13.4 Å². The normalized spacial score (nSPS) is 16.3. The Kier molecular flexibility index (Phi) is 7.28. The average molecular weight is 209 g/mol. The van der Waals surface area contributed by atoms with Crippen LogP contribution in [0.2, 0.25) is 0 Å². The summed E-state index contributed by atoms with van der Waals surface area (Å²) in [7, 11) is 1.57. The van der Waals surface area contributed by atoms with Gasteiger partial charge in [0, 0.05) is 19.3 Å². The number of aliphatic hydroxyl groups excluding tert-OH is 1. The van der Waals surface area contributed by atoms with Gasteiger partial charge in [-0.3, -0.25) is 0 Å². The Morgan fingerprint density at radius 3 is 2.69 bits per heavy atom. The van der Waals surface area contributed by atoms with Gasteiger partial charge in [0.25, 0.3) is 0 Å². The number of methoxy groups -OCH3 is 1. The molecule has 0 aromatic rings. The lowest BCUT2D eigenvalue weighted by molar-refractivity contribution is -0.128. The molecule has 0 fully saturated rings. The second kappa shape index (κ2) is 7.33. The average Bonchev–Trinajstić information content (AvgIpc) is 2.12. The van der Waals surface area contributed by atoms with Crippen LogP contribution in [0.25, 0.3) is 0 Å². The summed E-state index contributed by atoms with van der Waals surface area (Å²) in [5.41, 5.74) is 1.06. The molecule has 78 valence electrons. The van der Waals surface area contributed by atoms with Crippen molar-refractivity contribution in [2.45, 2.75) is 25.4 Å². The van der Waals surface area contributed by atoms with Crippen LogP contribution in [0.4, 0.5) is 0 Å². The number of halogens is 1. The van der Waals surface area contributed by atoms with Crippen molar-refractivity contribution in [1.29, 1.82) is 0 Å². The van der Waals surface area contributed by atoms with Gasteiger partial charge in [0.05, 0.1) is 5.60 Å². The Bertz CT molecular complexity index is 150. The molecule has 0 aliphatic rings. The molecule has 3 nitrogen and oxygen atoms in total. The second-order valence-corrected chi connectivity index (χ2v) is 3.29. The van der Waals surface area contributed by atoms with Gasteiger partial charge in [-0.15, -0.1) is 0 Å². The van der Waals surface area contributed by atoms with Crippen LogP contribution in [0.15, 0.2) is 11.6 Å². The molecule has 0 aromatic carbocycles. The first-order valence-electron chi connectivity index (χ1n) is 4.17. The lowest BCUT2D eigenvalue weighted by atomic mass is 9.98. The maximum atomic E-state index is 8.82. The van der Waals surface area contributed by atoms with Crippen molar-refractivity contribution in [1.82, 2.24) is 0 Å². The highest BCUT2D eigenvalue weighted by molar-refractivity contribution is 6.25. The predicted octanol–water partition coefficient (Wildman–Crippen LogP) is 1.89. The SMILES string of the molecule is COCO[C@@](C)(C/C=C/Cl)CCO. The van der Waals surface area contributed by atoms with Crippen LogP contribution in [-0.4, -0.2) is 31.2 Å². The van der Waals surface area contributed by atoms with Crippen LogP contribution < -0.4 is 0 Å². The van der Waals surface area contributed by atoms with Crippen molar-refractivity contribution in [3.8, 4) is 0 Å². The van der Waals surface area contributed by atoms with Crippen molar-refractivity contribution >= 4 is 11.6 Å². The van der Waals surface area contributed by atoms with Crippen molar-refractivity contribution in [3.05, 3.63) is 11.6 Å². The molecule has 0 spiro atoms. The van der Waals surface area contributed by atoms with Crippen molar-refractivity contribution in [2.24, 2.45) is 0 Å². The third kappa shape index (κ3) is 6.05. The van der Waals surface area contributed by atoms with Gasteiger partial charge >= 0.3 is 0 Å². The van der Waals surface area contributed by atoms with Gasteiger partial charge in [0.2, 0.25) is 0 Å². The Labute approximate surface area is 84.3 Å². The summed E-state index contributed by atoms with van der Waals surface area (Å²) in [6.45, 7) is 2.24. The second-order valence-electron chi connectivity index (χ2n) is 3.04. The van der Waals surface area contributed by atoms with Crippen LogP contribution in [-0.2, 0) is 9.47 Å². The highest BCUT2D eigenvalue weighted by Gasteiger charge is 2.22. The summed E-state index contributed by atoms with van der Waals surface area (Å²) < 4.78 is 10.2. The summed E-state index contributed by atoms with van der Waals surface area (Å²) in [6, 6.07) is 0. The summed E-state index contributed by atoms with van der Waals surface area (Å²) in [5.74, 6) is 0. The van der Waals surface area contributed by atoms with Gasteiger partial charge in [-0.1, -0.05) is 17.7 Å². The molecule has 0 rings (SSSR count). The van der Waals surface area contributed by atoms with Gasteiger partial charge in [0.1, 0.15) is 6.79 Å². The molecule has 0 saturated heterocycles. The summed E-state index contributed by atoms with van der Waals surface area (Å²) >= 11 is 5.41. The van der Waals surface area contributed by atoms with Crippen LogP contribution in [0.5, 0.6) is 0 Å². The van der Waals surface area contributed by atoms with Gasteiger partial charge in [0.15, 0.2) is 0 Å². The van der Waals surface area contributed by atoms with Gasteiger partial charge in [-0.05, 0) is 19.8 Å². The molecule has 0 heterocycles. The van der Waals surface area contributed by atoms with Crippen LogP contribution in [0, 0.1) is 0 Å². The van der Waals surface area contributed by atoms with E-state index < -0.39 is 5.60 Å². The quantitative estimate of drug-likeness (QED) is 0.650. The molecule has 0 aliphatic heterocycles. The highest BCUT2D eigenvalue weighted by Crippen LogP contribution is 2.20. The standard InChI is InChI=1S/C9H17ClO3/c1-9(5-7-11,4-3-6-10)13-8-12-2/h3,6,11H,4-5,7-8H2,1-2H3/b6-3+/t9-/m0/s1. The first-order valence-corrected chi connectivity index (χ1v) is 4.61. The summed E-state index contributed by atoms with van der Waals surface area (Å²) in [5, 5.41) is 8.82. The zero-order valence-corrected chi connectivity index (χ0v) is 8.88. The Balaban J connectivity index is 3.98. The number of hydrogen-bond acceptors (Lipinski definition) is 3. The van der Waals surface area contributed by atoms with Crippen LogP contribution in [0.1, 0.15) is 19.8 Å². The first-order chi connectivity index (χ1) is 6.18. The minimum absolute atomic E-state index is 0.0936. The molecule has 13 heavy (non-hydrogen) atoms. The van der Waals surface area contributed by atoms with E-state index in [0.29, 0.717) is 12.8 Å². The molecule has 0 amide bonds. The zero-order valence-electron chi connectivity index (χ0n) is 8.12. The Hall–Kier alpha value is -0.0900. The monoisotopic (exact) mass is 208 g/mol. The molecule has 1 N–H and O–H groups in total. The largest absolute Gasteiger partial charge is 0.396 e. The molecular formula is C9H17ClO3. The number of ether oxygens (including phenoxy) is 2. The minimum atomic E-state index is -0.393. The number of rotatable bonds is 7. The van der Waals surface area contributed by atoms with E-state index in [4.69, 9.17) is 26.2 Å². The van der Waals surface area contributed by atoms with E-state index in [0.717, 1.165) is 0 Å². The molecular weight excluding hydrogens is 192 g/mol. The zero-order chi connectivity index (χ0) is 10.2. The van der Waals surface area contributed by atoms with Crippen molar-refractivity contribution < 1.29 is 14.6 Å². The van der Waals surface area contributed by atoms with E-state index in [1.807, 2.05) is 6.92 Å². The smallest absolute Gasteiger partial charge is 0.147 e. The fraction of sp³-hybridized carbons (Fsp3) is 0.778. The van der Waals surface area contributed by atoms with Gasteiger partial charge < -0.3 is 14.6 Å². The van der Waals surface area contributed by atoms with Crippen LogP contribution in [0.3, 0.4) is 0 Å². The molecule has 1 atom stereocenters.